The van der Waals surface area contributed by atoms with Gasteiger partial charge in [-0.1, -0.05) is 38.5 Å². The number of aromatic nitrogens is 2. The van der Waals surface area contributed by atoms with Crippen LogP contribution in [0.1, 0.15) is 45.5 Å². The molecule has 0 radical (unpaired) electrons. The minimum atomic E-state index is -0.560. The highest BCUT2D eigenvalue weighted by Crippen LogP contribution is 2.18. The summed E-state index contributed by atoms with van der Waals surface area (Å²) in [6, 6.07) is -0.560. The van der Waals surface area contributed by atoms with Gasteiger partial charge in [-0.25, -0.2) is 0 Å². The van der Waals surface area contributed by atoms with Gasteiger partial charge in [0.05, 0.1) is 0 Å². The summed E-state index contributed by atoms with van der Waals surface area (Å²) in [7, 11) is 0. The molecule has 1 aromatic heterocycles. The highest BCUT2D eigenvalue weighted by Gasteiger charge is 2.23. The molecule has 1 rings (SSSR count). The highest BCUT2D eigenvalue weighted by molar-refractivity contribution is 7.15. The number of anilines is 1. The molecule has 112 valence electrons. The van der Waals surface area contributed by atoms with Crippen molar-refractivity contribution in [2.75, 3.05) is 5.32 Å². The maximum Gasteiger partial charge on any atom is 0.249 e. The number of hydrogen-bond donors (Lipinski definition) is 2. The zero-order valence-corrected chi connectivity index (χ0v) is 13.2. The third-order valence-electron chi connectivity index (χ3n) is 2.75. The number of nitrogens with zero attached hydrogens (tertiary/aromatic N) is 2. The van der Waals surface area contributed by atoms with E-state index in [1.165, 1.54) is 18.3 Å². The van der Waals surface area contributed by atoms with Crippen molar-refractivity contribution < 1.29 is 9.59 Å². The number of nitrogens with one attached hydrogen (secondary N) is 2. The Kier molecular flexibility index (Phi) is 6.57. The molecule has 0 bridgehead atoms. The molecule has 0 aliphatic heterocycles. The maximum absolute atomic E-state index is 12.1. The number of unbranched alkanes of at least 4 members (excludes halogenated alkanes) is 1. The van der Waals surface area contributed by atoms with Crippen LogP contribution in [-0.2, 0) is 16.0 Å². The van der Waals surface area contributed by atoms with Gasteiger partial charge in [0.15, 0.2) is 0 Å². The van der Waals surface area contributed by atoms with Crippen molar-refractivity contribution in [1.82, 2.24) is 15.5 Å². The van der Waals surface area contributed by atoms with E-state index in [1.807, 2.05) is 13.8 Å². The van der Waals surface area contributed by atoms with Crippen LogP contribution in [0.4, 0.5) is 5.13 Å². The first-order valence-corrected chi connectivity index (χ1v) is 7.66. The molecule has 0 aliphatic rings. The summed E-state index contributed by atoms with van der Waals surface area (Å²) < 4.78 is 0. The van der Waals surface area contributed by atoms with Crippen LogP contribution in [0, 0.1) is 5.92 Å². The molecule has 0 fully saturated rings. The zero-order chi connectivity index (χ0) is 15.1. The normalized spacial score (nSPS) is 12.2. The Morgan fingerprint density at radius 2 is 2.00 bits per heavy atom. The number of carbonyl (C=O) groups excluding carboxylic acids is 2. The topological polar surface area (TPSA) is 84.0 Å². The van der Waals surface area contributed by atoms with E-state index in [2.05, 4.69) is 27.8 Å². The second kappa shape index (κ2) is 7.94. The third-order valence-corrected chi connectivity index (χ3v) is 3.65. The fraction of sp³-hybridized carbons (Fsp3) is 0.692. The molecule has 1 unspecified atom stereocenters. The fourth-order valence-electron chi connectivity index (χ4n) is 1.67. The van der Waals surface area contributed by atoms with Gasteiger partial charge in [-0.15, -0.1) is 10.2 Å². The second-order valence-electron chi connectivity index (χ2n) is 5.02. The first-order chi connectivity index (χ1) is 9.43. The van der Waals surface area contributed by atoms with E-state index in [9.17, 15) is 9.59 Å². The van der Waals surface area contributed by atoms with Gasteiger partial charge in [-0.05, 0) is 12.3 Å². The van der Waals surface area contributed by atoms with Crippen LogP contribution in [0.5, 0.6) is 0 Å². The van der Waals surface area contributed by atoms with Crippen LogP contribution in [0.15, 0.2) is 0 Å². The van der Waals surface area contributed by atoms with Gasteiger partial charge in [0, 0.05) is 13.3 Å². The molecular formula is C13H22N4O2S. The summed E-state index contributed by atoms with van der Waals surface area (Å²) >= 11 is 1.38. The van der Waals surface area contributed by atoms with Gasteiger partial charge < -0.3 is 5.32 Å². The number of rotatable bonds is 7. The predicted octanol–water partition coefficient (Wildman–Crippen LogP) is 1.98. The Balaban J connectivity index is 2.63. The smallest absolute Gasteiger partial charge is 0.249 e. The van der Waals surface area contributed by atoms with Crippen molar-refractivity contribution >= 4 is 28.3 Å². The standard InChI is InChI=1S/C13H22N4O2S/c1-5-6-7-10-16-17-13(20-10)15-12(19)11(8(2)3)14-9(4)18/h8,11H,5-7H2,1-4H3,(H,14,18)(H,15,17,19). The van der Waals surface area contributed by atoms with Crippen LogP contribution < -0.4 is 10.6 Å². The summed E-state index contributed by atoms with van der Waals surface area (Å²) in [5.74, 6) is -0.473. The molecule has 0 saturated heterocycles. The number of aryl methyl sites for hydroxylation is 1. The Morgan fingerprint density at radius 3 is 2.55 bits per heavy atom. The van der Waals surface area contributed by atoms with Crippen LogP contribution >= 0.6 is 11.3 Å². The van der Waals surface area contributed by atoms with E-state index in [0.717, 1.165) is 24.3 Å². The van der Waals surface area contributed by atoms with Gasteiger partial charge in [0.1, 0.15) is 11.0 Å². The van der Waals surface area contributed by atoms with E-state index < -0.39 is 6.04 Å². The van der Waals surface area contributed by atoms with Crippen molar-refractivity contribution in [2.24, 2.45) is 5.92 Å². The Hall–Kier alpha value is -1.50. The number of amides is 2. The fourth-order valence-corrected chi connectivity index (χ4v) is 2.45. The van der Waals surface area contributed by atoms with Crippen LogP contribution in [0.25, 0.3) is 0 Å². The molecule has 0 aliphatic carbocycles. The highest BCUT2D eigenvalue weighted by atomic mass is 32.1. The Labute approximate surface area is 123 Å². The van der Waals surface area contributed by atoms with Crippen LogP contribution in [0.3, 0.4) is 0 Å². The average molecular weight is 298 g/mol. The van der Waals surface area contributed by atoms with Gasteiger partial charge in [-0.2, -0.15) is 0 Å². The number of carbonyl (C=O) groups is 2. The first kappa shape index (κ1) is 16.6. The molecule has 6 nitrogen and oxygen atoms in total. The average Bonchev–Trinajstić information content (AvgIpc) is 2.80. The van der Waals surface area contributed by atoms with Gasteiger partial charge >= 0.3 is 0 Å². The molecule has 20 heavy (non-hydrogen) atoms. The summed E-state index contributed by atoms with van der Waals surface area (Å²) in [4.78, 5) is 23.2. The van der Waals surface area contributed by atoms with Crippen LogP contribution in [0.2, 0.25) is 0 Å². The van der Waals surface area contributed by atoms with E-state index in [0.29, 0.717) is 5.13 Å². The van der Waals surface area contributed by atoms with Crippen molar-refractivity contribution in [2.45, 2.75) is 53.0 Å². The molecular weight excluding hydrogens is 276 g/mol. The Bertz CT molecular complexity index is 459. The van der Waals surface area contributed by atoms with E-state index in [1.54, 1.807) is 0 Å². The van der Waals surface area contributed by atoms with Crippen molar-refractivity contribution in [3.8, 4) is 0 Å². The molecule has 0 aromatic carbocycles. The van der Waals surface area contributed by atoms with Gasteiger partial charge in [-0.3, -0.25) is 14.9 Å². The summed E-state index contributed by atoms with van der Waals surface area (Å²) in [5.41, 5.74) is 0. The number of hydrogen-bond acceptors (Lipinski definition) is 5. The molecule has 7 heteroatoms. The second-order valence-corrected chi connectivity index (χ2v) is 6.08. The van der Waals surface area contributed by atoms with Crippen LogP contribution in [-0.4, -0.2) is 28.1 Å². The molecule has 2 amide bonds. The van der Waals surface area contributed by atoms with Crippen molar-refractivity contribution in [3.05, 3.63) is 5.01 Å². The molecule has 1 aromatic rings. The van der Waals surface area contributed by atoms with Crippen molar-refractivity contribution in [3.63, 3.8) is 0 Å². The molecule has 1 heterocycles. The summed E-state index contributed by atoms with van der Waals surface area (Å²) in [6.45, 7) is 7.28. The van der Waals surface area contributed by atoms with E-state index >= 15 is 0 Å². The predicted molar refractivity (Wildman–Crippen MR) is 79.6 cm³/mol. The SMILES string of the molecule is CCCCc1nnc(NC(=O)C(NC(C)=O)C(C)C)s1. The molecule has 0 spiro atoms. The molecule has 1 atom stereocenters. The minimum absolute atomic E-state index is 0.00591. The lowest BCUT2D eigenvalue weighted by Crippen LogP contribution is -2.46. The molecule has 2 N–H and O–H groups in total. The first-order valence-electron chi connectivity index (χ1n) is 6.84. The lowest BCUT2D eigenvalue weighted by molar-refractivity contribution is -0.126. The lowest BCUT2D eigenvalue weighted by atomic mass is 10.0. The minimum Gasteiger partial charge on any atom is -0.344 e. The monoisotopic (exact) mass is 298 g/mol. The zero-order valence-electron chi connectivity index (χ0n) is 12.4. The Morgan fingerprint density at radius 1 is 1.30 bits per heavy atom. The quantitative estimate of drug-likeness (QED) is 0.806. The van der Waals surface area contributed by atoms with Crippen molar-refractivity contribution in [1.29, 1.82) is 0 Å². The lowest BCUT2D eigenvalue weighted by Gasteiger charge is -2.19. The van der Waals surface area contributed by atoms with E-state index in [4.69, 9.17) is 0 Å². The summed E-state index contributed by atoms with van der Waals surface area (Å²) in [5, 5.41) is 14.8. The van der Waals surface area contributed by atoms with Gasteiger partial charge in [0.25, 0.3) is 0 Å². The summed E-state index contributed by atoms with van der Waals surface area (Å²) in [6.07, 6.45) is 3.03. The maximum atomic E-state index is 12.1. The molecule has 0 saturated carbocycles. The largest absolute Gasteiger partial charge is 0.344 e. The van der Waals surface area contributed by atoms with Gasteiger partial charge in [0.2, 0.25) is 16.9 Å². The van der Waals surface area contributed by atoms with E-state index in [-0.39, 0.29) is 17.7 Å². The third kappa shape index (κ3) is 5.24.